The smallest absolute Gasteiger partial charge is 0.228 e. The van der Waals surface area contributed by atoms with E-state index in [9.17, 15) is 9.90 Å². The van der Waals surface area contributed by atoms with Gasteiger partial charge in [-0.25, -0.2) is 4.98 Å². The summed E-state index contributed by atoms with van der Waals surface area (Å²) < 4.78 is 0. The van der Waals surface area contributed by atoms with Crippen LogP contribution in [-0.2, 0) is 16.6 Å². The summed E-state index contributed by atoms with van der Waals surface area (Å²) in [5, 5.41) is 13.1. The number of hydrogen-bond acceptors (Lipinski definition) is 3. The molecule has 0 saturated heterocycles. The van der Waals surface area contributed by atoms with E-state index < -0.39 is 0 Å². The van der Waals surface area contributed by atoms with Crippen molar-refractivity contribution in [1.29, 1.82) is 0 Å². The number of anilines is 1. The highest BCUT2D eigenvalue weighted by atomic mass is 35.5. The number of imidazole rings is 1. The van der Waals surface area contributed by atoms with E-state index >= 15 is 0 Å². The van der Waals surface area contributed by atoms with Gasteiger partial charge in [-0.15, -0.1) is 0 Å². The first-order valence-corrected chi connectivity index (χ1v) is 8.38. The molecule has 0 bridgehead atoms. The number of nitrogens with one attached hydrogen (secondary N) is 2. The fourth-order valence-corrected chi connectivity index (χ4v) is 2.71. The summed E-state index contributed by atoms with van der Waals surface area (Å²) in [5.74, 6) is 0.723. The molecule has 3 N–H and O–H groups in total. The van der Waals surface area contributed by atoms with Crippen LogP contribution in [0.5, 0.6) is 5.75 Å². The van der Waals surface area contributed by atoms with Gasteiger partial charge in [0.2, 0.25) is 5.91 Å². The number of carbonyl (C=O) groups excluding carboxylic acids is 1. The van der Waals surface area contributed by atoms with E-state index in [1.54, 1.807) is 12.1 Å². The zero-order chi connectivity index (χ0) is 18.2. The lowest BCUT2D eigenvalue weighted by Gasteiger charge is -2.13. The highest BCUT2D eigenvalue weighted by Crippen LogP contribution is 2.25. The van der Waals surface area contributed by atoms with E-state index in [0.717, 1.165) is 16.9 Å². The van der Waals surface area contributed by atoms with Crippen molar-refractivity contribution < 1.29 is 9.90 Å². The Kier molecular flexibility index (Phi) is 4.43. The number of aromatic nitrogens is 2. The molecule has 6 heteroatoms. The Morgan fingerprint density at radius 3 is 2.72 bits per heavy atom. The number of H-pyrrole nitrogens is 1. The molecule has 0 atom stereocenters. The first-order chi connectivity index (χ1) is 11.7. The van der Waals surface area contributed by atoms with Gasteiger partial charge in [0.1, 0.15) is 11.6 Å². The molecule has 2 aromatic carbocycles. The minimum atomic E-state index is -0.229. The summed E-state index contributed by atoms with van der Waals surface area (Å²) in [6, 6.07) is 10.2. The number of phenolic OH excluding ortho intramolecular Hbond substituents is 1. The Morgan fingerprint density at radius 2 is 2.00 bits per heavy atom. The number of phenols is 1. The molecule has 0 aliphatic heterocycles. The van der Waals surface area contributed by atoms with Crippen LogP contribution in [0.25, 0.3) is 11.0 Å². The molecule has 0 unspecified atom stereocenters. The number of rotatable bonds is 3. The normalized spacial score (nSPS) is 11.7. The van der Waals surface area contributed by atoms with Gasteiger partial charge < -0.3 is 15.4 Å². The van der Waals surface area contributed by atoms with E-state index in [0.29, 0.717) is 16.3 Å². The van der Waals surface area contributed by atoms with E-state index in [1.807, 2.05) is 18.2 Å². The number of amides is 1. The number of fused-ring (bicyclic) bond motifs is 1. The Bertz CT molecular complexity index is 941. The van der Waals surface area contributed by atoms with Crippen molar-refractivity contribution >= 4 is 34.2 Å². The molecule has 3 rings (SSSR count). The maximum Gasteiger partial charge on any atom is 0.228 e. The number of hydrogen-bond donors (Lipinski definition) is 3. The maximum absolute atomic E-state index is 12.3. The fraction of sp³-hybridized carbons (Fsp3) is 0.263. The van der Waals surface area contributed by atoms with Crippen molar-refractivity contribution in [2.45, 2.75) is 32.6 Å². The lowest BCUT2D eigenvalue weighted by atomic mass is 9.96. The van der Waals surface area contributed by atoms with Crippen LogP contribution in [0.4, 0.5) is 5.69 Å². The van der Waals surface area contributed by atoms with E-state index in [4.69, 9.17) is 11.6 Å². The summed E-state index contributed by atoms with van der Waals surface area (Å²) in [7, 11) is 0. The van der Waals surface area contributed by atoms with Gasteiger partial charge in [-0.3, -0.25) is 4.79 Å². The van der Waals surface area contributed by atoms with Gasteiger partial charge in [-0.1, -0.05) is 32.4 Å². The second-order valence-electron chi connectivity index (χ2n) is 7.07. The topological polar surface area (TPSA) is 78.0 Å². The molecular weight excluding hydrogens is 338 g/mol. The second kappa shape index (κ2) is 6.41. The zero-order valence-corrected chi connectivity index (χ0v) is 15.1. The minimum absolute atomic E-state index is 0.0423. The minimum Gasteiger partial charge on any atom is -0.508 e. The molecule has 0 spiro atoms. The van der Waals surface area contributed by atoms with Crippen molar-refractivity contribution in [1.82, 2.24) is 9.97 Å². The van der Waals surface area contributed by atoms with E-state index in [2.05, 4.69) is 36.1 Å². The second-order valence-corrected chi connectivity index (χ2v) is 7.50. The van der Waals surface area contributed by atoms with Crippen molar-refractivity contribution in [3.8, 4) is 5.75 Å². The molecule has 0 radical (unpaired) electrons. The van der Waals surface area contributed by atoms with Gasteiger partial charge in [0, 0.05) is 21.7 Å². The fourth-order valence-electron chi connectivity index (χ4n) is 2.52. The van der Waals surface area contributed by atoms with Crippen LogP contribution in [0.3, 0.4) is 0 Å². The summed E-state index contributed by atoms with van der Waals surface area (Å²) in [6.45, 7) is 6.26. The first-order valence-electron chi connectivity index (χ1n) is 8.00. The molecule has 0 saturated carbocycles. The summed E-state index contributed by atoms with van der Waals surface area (Å²) >= 11 is 5.91. The number of nitrogens with zero attached hydrogens (tertiary/aromatic N) is 1. The molecule has 0 aliphatic carbocycles. The van der Waals surface area contributed by atoms with Crippen molar-refractivity contribution in [3.05, 3.63) is 52.8 Å². The molecular formula is C19H20ClN3O2. The van der Waals surface area contributed by atoms with Gasteiger partial charge in [0.05, 0.1) is 17.5 Å². The van der Waals surface area contributed by atoms with Gasteiger partial charge in [-0.2, -0.15) is 0 Å². The molecule has 0 fully saturated rings. The largest absolute Gasteiger partial charge is 0.508 e. The van der Waals surface area contributed by atoms with Gasteiger partial charge in [0.15, 0.2) is 0 Å². The van der Waals surface area contributed by atoms with Gasteiger partial charge >= 0.3 is 0 Å². The monoisotopic (exact) mass is 357 g/mol. The third-order valence-electron chi connectivity index (χ3n) is 3.87. The van der Waals surface area contributed by atoms with Gasteiger partial charge in [0.25, 0.3) is 0 Å². The molecule has 0 aliphatic rings. The highest BCUT2D eigenvalue weighted by molar-refractivity contribution is 6.30. The average molecular weight is 358 g/mol. The molecule has 25 heavy (non-hydrogen) atoms. The zero-order valence-electron chi connectivity index (χ0n) is 14.4. The van der Waals surface area contributed by atoms with E-state index in [1.165, 1.54) is 6.07 Å². The van der Waals surface area contributed by atoms with E-state index in [-0.39, 0.29) is 23.5 Å². The average Bonchev–Trinajstić information content (AvgIpc) is 2.94. The Balaban J connectivity index is 1.78. The highest BCUT2D eigenvalue weighted by Gasteiger charge is 2.18. The molecule has 130 valence electrons. The van der Waals surface area contributed by atoms with Crippen LogP contribution < -0.4 is 5.32 Å². The predicted octanol–water partition coefficient (Wildman–Crippen LogP) is 4.40. The van der Waals surface area contributed by atoms with Crippen LogP contribution in [-0.4, -0.2) is 21.0 Å². The summed E-state index contributed by atoms with van der Waals surface area (Å²) in [5.41, 5.74) is 2.81. The molecule has 1 heterocycles. The third kappa shape index (κ3) is 3.94. The molecule has 1 aromatic heterocycles. The molecule has 3 aromatic rings. The number of benzene rings is 2. The summed E-state index contributed by atoms with van der Waals surface area (Å²) in [6.07, 6.45) is 0.0423. The maximum atomic E-state index is 12.3. The number of carbonyl (C=O) groups is 1. The van der Waals surface area contributed by atoms with Crippen molar-refractivity contribution in [2.75, 3.05) is 5.32 Å². The van der Waals surface area contributed by atoms with Crippen molar-refractivity contribution in [2.24, 2.45) is 0 Å². The lowest BCUT2D eigenvalue weighted by molar-refractivity contribution is -0.115. The Hall–Kier alpha value is -2.53. The van der Waals surface area contributed by atoms with Crippen LogP contribution in [0.15, 0.2) is 36.4 Å². The standard InChI is InChI=1S/C19H20ClN3O2/c1-19(2,3)18-22-14-6-5-13(10-15(14)23-18)21-17(25)9-11-8-12(20)4-7-16(11)24/h4-8,10,24H,9H2,1-3H3,(H,21,25)(H,22,23). The summed E-state index contributed by atoms with van der Waals surface area (Å²) in [4.78, 5) is 20.1. The lowest BCUT2D eigenvalue weighted by Crippen LogP contribution is -2.14. The Morgan fingerprint density at radius 1 is 1.24 bits per heavy atom. The SMILES string of the molecule is CC(C)(C)c1nc2ccc(NC(=O)Cc3cc(Cl)ccc3O)cc2[nH]1. The number of halogens is 1. The van der Waals surface area contributed by atoms with Crippen molar-refractivity contribution in [3.63, 3.8) is 0 Å². The molecule has 5 nitrogen and oxygen atoms in total. The van der Waals surface area contributed by atoms with Crippen LogP contribution in [0.2, 0.25) is 5.02 Å². The van der Waals surface area contributed by atoms with Gasteiger partial charge in [-0.05, 0) is 36.4 Å². The molecule has 1 amide bonds. The van der Waals surface area contributed by atoms with Crippen LogP contribution >= 0.6 is 11.6 Å². The predicted molar refractivity (Wildman–Crippen MR) is 100 cm³/mol. The number of aromatic hydroxyl groups is 1. The third-order valence-corrected chi connectivity index (χ3v) is 4.10. The first kappa shape index (κ1) is 17.3. The number of aromatic amines is 1. The van der Waals surface area contributed by atoms with Crippen LogP contribution in [0.1, 0.15) is 32.2 Å². The van der Waals surface area contributed by atoms with Crippen LogP contribution in [0, 0.1) is 0 Å². The quantitative estimate of drug-likeness (QED) is 0.650. The Labute approximate surface area is 151 Å².